The molecule has 0 aliphatic heterocycles. The second kappa shape index (κ2) is 5.39. The van der Waals surface area contributed by atoms with E-state index in [1.54, 1.807) is 0 Å². The SMILES string of the molecule is C=C(C)C1C(CCCCC(C)C(C)C)C12CCC2. The molecule has 2 rings (SSSR count). The molecule has 3 atom stereocenters. The minimum atomic E-state index is 0.759. The first-order chi connectivity index (χ1) is 8.49. The molecule has 18 heavy (non-hydrogen) atoms. The van der Waals surface area contributed by atoms with Gasteiger partial charge in [0.25, 0.3) is 0 Å². The van der Waals surface area contributed by atoms with Crippen LogP contribution >= 0.6 is 0 Å². The zero-order valence-corrected chi connectivity index (χ0v) is 13.0. The van der Waals surface area contributed by atoms with Gasteiger partial charge in [-0.05, 0) is 55.3 Å². The molecule has 2 aliphatic carbocycles. The Kier molecular flexibility index (Phi) is 4.24. The van der Waals surface area contributed by atoms with Gasteiger partial charge in [0.2, 0.25) is 0 Å². The highest BCUT2D eigenvalue weighted by atomic mass is 14.7. The molecule has 1 spiro atoms. The summed E-state index contributed by atoms with van der Waals surface area (Å²) in [5.74, 6) is 3.66. The molecule has 0 bridgehead atoms. The summed E-state index contributed by atoms with van der Waals surface area (Å²) < 4.78 is 0. The van der Waals surface area contributed by atoms with Crippen LogP contribution in [-0.4, -0.2) is 0 Å². The van der Waals surface area contributed by atoms with E-state index < -0.39 is 0 Å². The first-order valence-electron chi connectivity index (χ1n) is 8.14. The van der Waals surface area contributed by atoms with Crippen LogP contribution in [0.5, 0.6) is 0 Å². The molecule has 0 N–H and O–H groups in total. The predicted molar refractivity (Wildman–Crippen MR) is 80.5 cm³/mol. The number of allylic oxidation sites excluding steroid dienone is 1. The van der Waals surface area contributed by atoms with Crippen molar-refractivity contribution in [1.29, 1.82) is 0 Å². The Bertz CT molecular complexity index is 295. The fraction of sp³-hybridized carbons (Fsp3) is 0.889. The average Bonchev–Trinajstić information content (AvgIpc) is 2.92. The monoisotopic (exact) mass is 248 g/mol. The minimum absolute atomic E-state index is 0.759. The second-order valence-electron chi connectivity index (χ2n) is 7.52. The molecule has 0 heterocycles. The van der Waals surface area contributed by atoms with Gasteiger partial charge in [0.1, 0.15) is 0 Å². The van der Waals surface area contributed by atoms with E-state index in [0.29, 0.717) is 0 Å². The second-order valence-corrected chi connectivity index (χ2v) is 7.52. The number of hydrogen-bond acceptors (Lipinski definition) is 0. The molecule has 2 saturated carbocycles. The van der Waals surface area contributed by atoms with E-state index in [1.807, 2.05) is 0 Å². The molecule has 0 saturated heterocycles. The van der Waals surface area contributed by atoms with E-state index >= 15 is 0 Å². The molecule has 0 heteroatoms. The van der Waals surface area contributed by atoms with Crippen molar-refractivity contribution in [1.82, 2.24) is 0 Å². The third-order valence-electron chi connectivity index (χ3n) is 6.03. The van der Waals surface area contributed by atoms with Crippen molar-refractivity contribution in [2.45, 2.75) is 72.6 Å². The van der Waals surface area contributed by atoms with Gasteiger partial charge in [-0.1, -0.05) is 58.6 Å². The topological polar surface area (TPSA) is 0 Å². The molecule has 0 radical (unpaired) electrons. The summed E-state index contributed by atoms with van der Waals surface area (Å²) in [4.78, 5) is 0. The van der Waals surface area contributed by atoms with Crippen LogP contribution in [0.3, 0.4) is 0 Å². The van der Waals surface area contributed by atoms with E-state index in [4.69, 9.17) is 0 Å². The van der Waals surface area contributed by atoms with Gasteiger partial charge >= 0.3 is 0 Å². The van der Waals surface area contributed by atoms with Gasteiger partial charge in [-0.15, -0.1) is 0 Å². The lowest BCUT2D eigenvalue weighted by Gasteiger charge is -2.28. The predicted octanol–water partition coefficient (Wildman–Crippen LogP) is 5.83. The molecule has 2 aliphatic rings. The van der Waals surface area contributed by atoms with Gasteiger partial charge < -0.3 is 0 Å². The highest BCUT2D eigenvalue weighted by molar-refractivity contribution is 5.25. The summed E-state index contributed by atoms with van der Waals surface area (Å²) in [6, 6.07) is 0. The summed E-state index contributed by atoms with van der Waals surface area (Å²) >= 11 is 0. The lowest BCUT2D eigenvalue weighted by atomic mass is 9.77. The summed E-state index contributed by atoms with van der Waals surface area (Å²) in [5, 5.41) is 0. The van der Waals surface area contributed by atoms with Crippen LogP contribution in [0.4, 0.5) is 0 Å². The minimum Gasteiger partial charge on any atom is -0.0998 e. The van der Waals surface area contributed by atoms with Crippen LogP contribution in [0.1, 0.15) is 72.6 Å². The zero-order chi connectivity index (χ0) is 13.3. The van der Waals surface area contributed by atoms with Crippen LogP contribution in [-0.2, 0) is 0 Å². The molecular weight excluding hydrogens is 216 g/mol. The Labute approximate surface area is 114 Å². The smallest absolute Gasteiger partial charge is 0.0115 e. The molecule has 0 aromatic carbocycles. The molecule has 0 amide bonds. The van der Waals surface area contributed by atoms with Gasteiger partial charge in [0, 0.05) is 0 Å². The van der Waals surface area contributed by atoms with E-state index in [9.17, 15) is 0 Å². The highest BCUT2D eigenvalue weighted by Crippen LogP contribution is 2.73. The van der Waals surface area contributed by atoms with Crippen molar-refractivity contribution in [2.75, 3.05) is 0 Å². The maximum Gasteiger partial charge on any atom is -0.0115 e. The van der Waals surface area contributed by atoms with Crippen molar-refractivity contribution in [2.24, 2.45) is 29.1 Å². The van der Waals surface area contributed by atoms with Gasteiger partial charge in [0.05, 0.1) is 0 Å². The van der Waals surface area contributed by atoms with Crippen molar-refractivity contribution in [3.8, 4) is 0 Å². The maximum atomic E-state index is 4.22. The average molecular weight is 248 g/mol. The van der Waals surface area contributed by atoms with Gasteiger partial charge in [0.15, 0.2) is 0 Å². The standard InChI is InChI=1S/C18H32/c1-13(2)15(5)9-6-7-10-16-17(14(3)4)18(16)11-8-12-18/h13,15-17H,3,6-12H2,1-2,4-5H3. The normalized spacial score (nSPS) is 30.3. The van der Waals surface area contributed by atoms with Crippen molar-refractivity contribution < 1.29 is 0 Å². The summed E-state index contributed by atoms with van der Waals surface area (Å²) in [6.07, 6.45) is 10.3. The molecule has 0 aromatic rings. The van der Waals surface area contributed by atoms with E-state index in [0.717, 1.165) is 29.1 Å². The first kappa shape index (κ1) is 14.2. The fourth-order valence-corrected chi connectivity index (χ4v) is 4.30. The van der Waals surface area contributed by atoms with Crippen molar-refractivity contribution in [3.05, 3.63) is 12.2 Å². The van der Waals surface area contributed by atoms with E-state index in [1.165, 1.54) is 50.5 Å². The van der Waals surface area contributed by atoms with Crippen LogP contribution < -0.4 is 0 Å². The third-order valence-corrected chi connectivity index (χ3v) is 6.03. The van der Waals surface area contributed by atoms with Gasteiger partial charge in [-0.3, -0.25) is 0 Å². The summed E-state index contributed by atoms with van der Waals surface area (Å²) in [6.45, 7) is 13.6. The lowest BCUT2D eigenvalue weighted by Crippen LogP contribution is -2.16. The largest absolute Gasteiger partial charge is 0.0998 e. The Balaban J connectivity index is 1.67. The Morgan fingerprint density at radius 1 is 1.22 bits per heavy atom. The van der Waals surface area contributed by atoms with Gasteiger partial charge in [-0.2, -0.15) is 0 Å². The Hall–Kier alpha value is -0.260. The van der Waals surface area contributed by atoms with Crippen LogP contribution in [0.2, 0.25) is 0 Å². The summed E-state index contributed by atoms with van der Waals surface area (Å²) in [5.41, 5.74) is 2.23. The Morgan fingerprint density at radius 2 is 1.89 bits per heavy atom. The van der Waals surface area contributed by atoms with Crippen molar-refractivity contribution >= 4 is 0 Å². The van der Waals surface area contributed by atoms with Crippen LogP contribution in [0.25, 0.3) is 0 Å². The molecular formula is C18H32. The molecule has 104 valence electrons. The highest BCUT2D eigenvalue weighted by Gasteiger charge is 2.65. The number of rotatable bonds is 7. The number of hydrogen-bond donors (Lipinski definition) is 0. The zero-order valence-electron chi connectivity index (χ0n) is 13.0. The van der Waals surface area contributed by atoms with E-state index in [-0.39, 0.29) is 0 Å². The molecule has 3 unspecified atom stereocenters. The summed E-state index contributed by atoms with van der Waals surface area (Å²) in [7, 11) is 0. The molecule has 0 aromatic heterocycles. The lowest BCUT2D eigenvalue weighted by molar-refractivity contribution is 0.240. The maximum absolute atomic E-state index is 4.22. The van der Waals surface area contributed by atoms with E-state index in [2.05, 4.69) is 34.3 Å². The van der Waals surface area contributed by atoms with Crippen molar-refractivity contribution in [3.63, 3.8) is 0 Å². The Morgan fingerprint density at radius 3 is 2.28 bits per heavy atom. The van der Waals surface area contributed by atoms with Crippen LogP contribution in [0, 0.1) is 29.1 Å². The van der Waals surface area contributed by atoms with Crippen LogP contribution in [0.15, 0.2) is 12.2 Å². The first-order valence-corrected chi connectivity index (χ1v) is 8.14. The third kappa shape index (κ3) is 2.53. The molecule has 0 nitrogen and oxygen atoms in total. The fourth-order valence-electron chi connectivity index (χ4n) is 4.30. The quantitative estimate of drug-likeness (QED) is 0.393. The molecule has 2 fully saturated rings. The van der Waals surface area contributed by atoms with Gasteiger partial charge in [-0.25, -0.2) is 0 Å². The number of unbranched alkanes of at least 4 members (excludes halogenated alkanes) is 1.